The molecule has 3 rings (SSSR count). The third kappa shape index (κ3) is 2.47. The molecule has 1 saturated heterocycles. The van der Waals surface area contributed by atoms with E-state index >= 15 is 0 Å². The Morgan fingerprint density at radius 2 is 1.67 bits per heavy atom. The summed E-state index contributed by atoms with van der Waals surface area (Å²) < 4.78 is 0. The summed E-state index contributed by atoms with van der Waals surface area (Å²) in [6, 6.07) is 0. The molecule has 2 aliphatic carbocycles. The third-order valence-corrected chi connectivity index (χ3v) is 5.86. The van der Waals surface area contributed by atoms with Gasteiger partial charge >= 0.3 is 0 Å². The van der Waals surface area contributed by atoms with E-state index < -0.39 is 11.1 Å². The maximum absolute atomic E-state index is 13.2. The van der Waals surface area contributed by atoms with Crippen LogP contribution in [0.4, 0.5) is 0 Å². The number of carbonyl (C=O) groups excluding carboxylic acids is 2. The van der Waals surface area contributed by atoms with Crippen LogP contribution in [-0.4, -0.2) is 34.3 Å². The van der Waals surface area contributed by atoms with Gasteiger partial charge in [-0.2, -0.15) is 0 Å². The minimum Gasteiger partial charge on any atom is -0.340 e. The average Bonchev–Trinajstić information content (AvgIpc) is 2.96. The van der Waals surface area contributed by atoms with Gasteiger partial charge in [0.15, 0.2) is 0 Å². The lowest BCUT2D eigenvalue weighted by Crippen LogP contribution is -2.74. The summed E-state index contributed by atoms with van der Waals surface area (Å²) >= 11 is 0. The first-order valence-corrected chi connectivity index (χ1v) is 8.60. The van der Waals surface area contributed by atoms with Gasteiger partial charge in [-0.1, -0.05) is 32.1 Å². The van der Waals surface area contributed by atoms with Gasteiger partial charge < -0.3 is 10.2 Å². The third-order valence-electron chi connectivity index (χ3n) is 5.86. The van der Waals surface area contributed by atoms with Crippen molar-refractivity contribution in [1.29, 1.82) is 0 Å². The van der Waals surface area contributed by atoms with Crippen LogP contribution >= 0.6 is 0 Å². The largest absolute Gasteiger partial charge is 0.340 e. The summed E-state index contributed by atoms with van der Waals surface area (Å²) in [5.41, 5.74) is -1.30. The number of hydrogen-bond acceptors (Lipinski definition) is 2. The Hall–Kier alpha value is -1.06. The van der Waals surface area contributed by atoms with Gasteiger partial charge in [0.25, 0.3) is 0 Å². The Morgan fingerprint density at radius 1 is 1.05 bits per heavy atom. The van der Waals surface area contributed by atoms with Crippen LogP contribution in [0.3, 0.4) is 0 Å². The molecule has 0 aromatic carbocycles. The average molecular weight is 292 g/mol. The Kier molecular flexibility index (Phi) is 3.74. The van der Waals surface area contributed by atoms with E-state index in [1.807, 2.05) is 18.7 Å². The van der Waals surface area contributed by atoms with Crippen LogP contribution in [0.25, 0.3) is 0 Å². The fourth-order valence-corrected chi connectivity index (χ4v) is 4.31. The molecule has 2 amide bonds. The molecule has 1 aliphatic heterocycles. The fourth-order valence-electron chi connectivity index (χ4n) is 4.31. The van der Waals surface area contributed by atoms with E-state index in [1.54, 1.807) is 0 Å². The first-order valence-electron chi connectivity index (χ1n) is 8.60. The van der Waals surface area contributed by atoms with Gasteiger partial charge in [0.1, 0.15) is 11.1 Å². The van der Waals surface area contributed by atoms with Crippen molar-refractivity contribution in [3.63, 3.8) is 0 Å². The fraction of sp³-hybridized carbons (Fsp3) is 0.882. The van der Waals surface area contributed by atoms with Crippen molar-refractivity contribution in [3.05, 3.63) is 0 Å². The second-order valence-corrected chi connectivity index (χ2v) is 7.72. The highest BCUT2D eigenvalue weighted by atomic mass is 16.2. The van der Waals surface area contributed by atoms with Crippen LogP contribution in [0.15, 0.2) is 0 Å². The molecule has 0 aromatic rings. The van der Waals surface area contributed by atoms with Gasteiger partial charge in [0, 0.05) is 6.54 Å². The molecule has 2 saturated carbocycles. The molecule has 4 heteroatoms. The van der Waals surface area contributed by atoms with Crippen molar-refractivity contribution < 1.29 is 9.59 Å². The molecule has 0 bridgehead atoms. The first-order chi connectivity index (χ1) is 9.96. The lowest BCUT2D eigenvalue weighted by atomic mass is 9.76. The molecule has 21 heavy (non-hydrogen) atoms. The molecule has 1 N–H and O–H groups in total. The molecule has 0 aromatic heterocycles. The molecule has 0 atom stereocenters. The quantitative estimate of drug-likeness (QED) is 0.850. The van der Waals surface area contributed by atoms with Crippen LogP contribution in [0.5, 0.6) is 0 Å². The topological polar surface area (TPSA) is 49.4 Å². The van der Waals surface area contributed by atoms with E-state index in [1.165, 1.54) is 32.1 Å². The molecule has 3 fully saturated rings. The van der Waals surface area contributed by atoms with Crippen LogP contribution in [0, 0.1) is 5.92 Å². The summed E-state index contributed by atoms with van der Waals surface area (Å²) in [6.45, 7) is 4.55. The maximum Gasteiger partial charge on any atom is 0.249 e. The van der Waals surface area contributed by atoms with Gasteiger partial charge in [-0.3, -0.25) is 9.59 Å². The maximum atomic E-state index is 13.2. The van der Waals surface area contributed by atoms with Crippen LogP contribution in [0.1, 0.15) is 71.6 Å². The summed E-state index contributed by atoms with van der Waals surface area (Å²) in [7, 11) is 0. The SMILES string of the molecule is CC1(C)C(=O)NC2(CCCCC2)C(=O)N1CC1CCCC1. The Labute approximate surface area is 127 Å². The lowest BCUT2D eigenvalue weighted by Gasteiger charge is -2.51. The van der Waals surface area contributed by atoms with E-state index in [4.69, 9.17) is 0 Å². The van der Waals surface area contributed by atoms with Gasteiger partial charge in [-0.05, 0) is 45.4 Å². The summed E-state index contributed by atoms with van der Waals surface area (Å²) in [5.74, 6) is 0.792. The number of rotatable bonds is 2. The van der Waals surface area contributed by atoms with E-state index in [-0.39, 0.29) is 11.8 Å². The molecule has 0 unspecified atom stereocenters. The summed E-state index contributed by atoms with van der Waals surface area (Å²) in [5, 5.41) is 3.10. The van der Waals surface area contributed by atoms with Crippen molar-refractivity contribution in [1.82, 2.24) is 10.2 Å². The zero-order valence-electron chi connectivity index (χ0n) is 13.4. The van der Waals surface area contributed by atoms with E-state index in [0.717, 1.165) is 32.2 Å². The van der Waals surface area contributed by atoms with Crippen molar-refractivity contribution in [3.8, 4) is 0 Å². The number of nitrogens with one attached hydrogen (secondary N) is 1. The number of nitrogens with zero attached hydrogens (tertiary/aromatic N) is 1. The molecule has 4 nitrogen and oxygen atoms in total. The van der Waals surface area contributed by atoms with Gasteiger partial charge in [-0.15, -0.1) is 0 Å². The monoisotopic (exact) mass is 292 g/mol. The number of piperazine rings is 1. The second-order valence-electron chi connectivity index (χ2n) is 7.72. The molecule has 0 radical (unpaired) electrons. The minimum atomic E-state index is -0.706. The first kappa shape index (κ1) is 14.9. The van der Waals surface area contributed by atoms with E-state index in [9.17, 15) is 9.59 Å². The molecule has 1 heterocycles. The Bertz CT molecular complexity index is 432. The predicted octanol–water partition coefficient (Wildman–Crippen LogP) is 2.62. The molecular formula is C17H28N2O2. The summed E-state index contributed by atoms with van der Waals surface area (Å²) in [6.07, 6.45) is 9.84. The normalized spacial score (nSPS) is 29.0. The zero-order valence-corrected chi connectivity index (χ0v) is 13.4. The van der Waals surface area contributed by atoms with Crippen LogP contribution in [-0.2, 0) is 9.59 Å². The van der Waals surface area contributed by atoms with Crippen molar-refractivity contribution in [2.75, 3.05) is 6.54 Å². The standard InChI is InChI=1S/C17H28N2O2/c1-16(2)14(20)18-17(10-6-3-7-11-17)15(21)19(16)12-13-8-4-5-9-13/h13H,3-12H2,1-2H3,(H,18,20). The van der Waals surface area contributed by atoms with E-state index in [0.29, 0.717) is 5.92 Å². The highest BCUT2D eigenvalue weighted by Crippen LogP contribution is 2.38. The predicted molar refractivity (Wildman–Crippen MR) is 81.7 cm³/mol. The van der Waals surface area contributed by atoms with Crippen molar-refractivity contribution in [2.24, 2.45) is 5.92 Å². The van der Waals surface area contributed by atoms with Gasteiger partial charge in [0.05, 0.1) is 0 Å². The smallest absolute Gasteiger partial charge is 0.249 e. The second kappa shape index (κ2) is 5.29. The Morgan fingerprint density at radius 3 is 2.29 bits per heavy atom. The minimum absolute atomic E-state index is 0.0296. The molecular weight excluding hydrogens is 264 g/mol. The molecule has 3 aliphatic rings. The van der Waals surface area contributed by atoms with Crippen molar-refractivity contribution >= 4 is 11.8 Å². The van der Waals surface area contributed by atoms with Gasteiger partial charge in [-0.25, -0.2) is 0 Å². The molecule has 1 spiro atoms. The van der Waals surface area contributed by atoms with Crippen LogP contribution in [0.2, 0.25) is 0 Å². The lowest BCUT2D eigenvalue weighted by molar-refractivity contribution is -0.163. The highest BCUT2D eigenvalue weighted by Gasteiger charge is 2.54. The Balaban J connectivity index is 1.85. The van der Waals surface area contributed by atoms with Crippen molar-refractivity contribution in [2.45, 2.75) is 82.7 Å². The number of carbonyl (C=O) groups is 2. The molecule has 118 valence electrons. The number of hydrogen-bond donors (Lipinski definition) is 1. The van der Waals surface area contributed by atoms with Gasteiger partial charge in [0.2, 0.25) is 11.8 Å². The summed E-state index contributed by atoms with van der Waals surface area (Å²) in [4.78, 5) is 27.7. The van der Waals surface area contributed by atoms with Crippen LogP contribution < -0.4 is 5.32 Å². The van der Waals surface area contributed by atoms with E-state index in [2.05, 4.69) is 5.32 Å². The highest BCUT2D eigenvalue weighted by molar-refractivity contribution is 6.02. The zero-order chi connectivity index (χ0) is 15.1. The number of amides is 2.